The van der Waals surface area contributed by atoms with Gasteiger partial charge in [0, 0.05) is 30.1 Å². The zero-order valence-electron chi connectivity index (χ0n) is 24.8. The molecule has 0 aromatic heterocycles. The number of anilines is 1. The number of benzene rings is 3. The van der Waals surface area contributed by atoms with Gasteiger partial charge in [0.05, 0.1) is 11.4 Å². The predicted molar refractivity (Wildman–Crippen MR) is 170 cm³/mol. The number of ether oxygens (including phenoxy) is 2. The van der Waals surface area contributed by atoms with Crippen molar-refractivity contribution in [3.63, 3.8) is 0 Å². The van der Waals surface area contributed by atoms with Crippen LogP contribution in [0.1, 0.15) is 50.2 Å². The minimum Gasteiger partial charge on any atom is -0.454 e. The Bertz CT molecular complexity index is 1560. The molecular formula is C33H38ClN3O6S. The van der Waals surface area contributed by atoms with Gasteiger partial charge >= 0.3 is 0 Å². The lowest BCUT2D eigenvalue weighted by Gasteiger charge is -2.35. The number of nitrogens with one attached hydrogen (secondary N) is 1. The Morgan fingerprint density at radius 3 is 2.39 bits per heavy atom. The molecule has 0 saturated heterocycles. The van der Waals surface area contributed by atoms with Gasteiger partial charge in [-0.3, -0.25) is 13.9 Å². The van der Waals surface area contributed by atoms with E-state index in [2.05, 4.69) is 5.32 Å². The van der Waals surface area contributed by atoms with E-state index in [0.717, 1.165) is 42.0 Å². The van der Waals surface area contributed by atoms with Crippen LogP contribution in [0.4, 0.5) is 5.69 Å². The Kier molecular flexibility index (Phi) is 10.3. The maximum absolute atomic E-state index is 14.4. The molecule has 44 heavy (non-hydrogen) atoms. The average Bonchev–Trinajstić information content (AvgIpc) is 3.51. The fourth-order valence-corrected chi connectivity index (χ4v) is 6.92. The minimum atomic E-state index is -3.91. The Labute approximate surface area is 264 Å². The molecule has 1 aliphatic heterocycles. The summed E-state index contributed by atoms with van der Waals surface area (Å²) in [6, 6.07) is 20.5. The standard InChI is InChI=1S/C33H38ClN3O6S/c1-2-44(40,41)37(27-17-18-30-31(20-27)43-23-42-30)22-32(38)36(21-25-13-9-10-16-28(25)34)29(19-24-11-5-3-6-12-24)33(39)35-26-14-7-4-8-15-26/h3,5-6,9-13,16-18,20,26,29H,2,4,7-8,14-15,19,21-23H2,1H3,(H,35,39). The second-order valence-electron chi connectivity index (χ2n) is 11.1. The number of sulfonamides is 1. The highest BCUT2D eigenvalue weighted by Gasteiger charge is 2.35. The molecule has 1 N–H and O–H groups in total. The van der Waals surface area contributed by atoms with Crippen LogP contribution in [0.2, 0.25) is 5.02 Å². The normalized spacial score (nSPS) is 15.4. The number of nitrogens with zero attached hydrogens (tertiary/aromatic N) is 2. The van der Waals surface area contributed by atoms with Crippen LogP contribution in [0.15, 0.2) is 72.8 Å². The topological polar surface area (TPSA) is 105 Å². The van der Waals surface area contributed by atoms with E-state index in [-0.39, 0.29) is 43.1 Å². The fourth-order valence-electron chi connectivity index (χ4n) is 5.67. The van der Waals surface area contributed by atoms with Crippen LogP contribution in [0, 0.1) is 0 Å². The molecule has 1 unspecified atom stereocenters. The average molecular weight is 640 g/mol. The van der Waals surface area contributed by atoms with Crippen LogP contribution in [0.5, 0.6) is 11.5 Å². The molecule has 3 aromatic carbocycles. The molecular weight excluding hydrogens is 602 g/mol. The largest absolute Gasteiger partial charge is 0.454 e. The van der Waals surface area contributed by atoms with Crippen molar-refractivity contribution in [3.05, 3.63) is 88.9 Å². The Morgan fingerprint density at radius 2 is 1.66 bits per heavy atom. The van der Waals surface area contributed by atoms with E-state index in [0.29, 0.717) is 22.1 Å². The summed E-state index contributed by atoms with van der Waals surface area (Å²) < 4.78 is 38.8. The Hall–Kier alpha value is -3.76. The molecule has 0 spiro atoms. The zero-order valence-corrected chi connectivity index (χ0v) is 26.4. The number of halogens is 1. The maximum atomic E-state index is 14.4. The van der Waals surface area contributed by atoms with Crippen molar-refractivity contribution in [2.24, 2.45) is 0 Å². The molecule has 234 valence electrons. The van der Waals surface area contributed by atoms with Crippen LogP contribution < -0.4 is 19.1 Å². The van der Waals surface area contributed by atoms with Gasteiger partial charge in [-0.1, -0.05) is 79.4 Å². The van der Waals surface area contributed by atoms with Crippen molar-refractivity contribution in [1.82, 2.24) is 10.2 Å². The number of rotatable bonds is 12. The quantitative estimate of drug-likeness (QED) is 0.288. The molecule has 1 fully saturated rings. The van der Waals surface area contributed by atoms with Crippen LogP contribution in [-0.4, -0.2) is 56.3 Å². The molecule has 1 saturated carbocycles. The van der Waals surface area contributed by atoms with Crippen molar-refractivity contribution in [3.8, 4) is 11.5 Å². The van der Waals surface area contributed by atoms with E-state index in [4.69, 9.17) is 21.1 Å². The summed E-state index contributed by atoms with van der Waals surface area (Å²) in [5.74, 6) is -0.132. The summed E-state index contributed by atoms with van der Waals surface area (Å²) in [6.07, 6.45) is 5.23. The molecule has 1 heterocycles. The first kappa shape index (κ1) is 31.7. The van der Waals surface area contributed by atoms with Crippen molar-refractivity contribution in [1.29, 1.82) is 0 Å². The first-order chi connectivity index (χ1) is 21.2. The van der Waals surface area contributed by atoms with Crippen LogP contribution >= 0.6 is 11.6 Å². The first-order valence-electron chi connectivity index (χ1n) is 15.0. The molecule has 5 rings (SSSR count). The van der Waals surface area contributed by atoms with E-state index < -0.39 is 28.5 Å². The van der Waals surface area contributed by atoms with Crippen LogP contribution in [-0.2, 0) is 32.6 Å². The number of fused-ring (bicyclic) bond motifs is 1. The summed E-state index contributed by atoms with van der Waals surface area (Å²) in [5.41, 5.74) is 1.80. The molecule has 3 aromatic rings. The Morgan fingerprint density at radius 1 is 0.955 bits per heavy atom. The SMILES string of the molecule is CCS(=O)(=O)N(CC(=O)N(Cc1ccccc1Cl)C(Cc1ccccc1)C(=O)NC1CCCCC1)c1ccc2c(c1)OCO2. The summed E-state index contributed by atoms with van der Waals surface area (Å²) in [7, 11) is -3.91. The van der Waals surface area contributed by atoms with Crippen molar-refractivity contribution >= 4 is 39.1 Å². The third kappa shape index (κ3) is 7.65. The minimum absolute atomic E-state index is 0.0231. The van der Waals surface area contributed by atoms with Crippen LogP contribution in [0.25, 0.3) is 0 Å². The third-order valence-electron chi connectivity index (χ3n) is 8.14. The lowest BCUT2D eigenvalue weighted by Crippen LogP contribution is -2.55. The molecule has 11 heteroatoms. The van der Waals surface area contributed by atoms with Gasteiger partial charge in [0.15, 0.2) is 11.5 Å². The molecule has 0 bridgehead atoms. The maximum Gasteiger partial charge on any atom is 0.244 e. The number of carbonyl (C=O) groups is 2. The summed E-state index contributed by atoms with van der Waals surface area (Å²) in [5, 5.41) is 3.65. The van der Waals surface area contributed by atoms with E-state index in [1.54, 1.807) is 36.4 Å². The first-order valence-corrected chi connectivity index (χ1v) is 17.0. The summed E-state index contributed by atoms with van der Waals surface area (Å²) in [6.45, 7) is 1.07. The molecule has 2 amide bonds. The van der Waals surface area contributed by atoms with E-state index in [1.807, 2.05) is 36.4 Å². The molecule has 9 nitrogen and oxygen atoms in total. The van der Waals surface area contributed by atoms with Gasteiger partial charge in [-0.15, -0.1) is 0 Å². The monoisotopic (exact) mass is 639 g/mol. The number of amides is 2. The second kappa shape index (κ2) is 14.3. The molecule has 0 radical (unpaired) electrons. The van der Waals surface area contributed by atoms with Gasteiger partial charge < -0.3 is 19.7 Å². The van der Waals surface area contributed by atoms with E-state index in [1.165, 1.54) is 11.8 Å². The van der Waals surface area contributed by atoms with E-state index in [9.17, 15) is 18.0 Å². The molecule has 2 aliphatic rings. The fraction of sp³-hybridized carbons (Fsp3) is 0.394. The molecule has 1 atom stereocenters. The summed E-state index contributed by atoms with van der Waals surface area (Å²) in [4.78, 5) is 30.0. The summed E-state index contributed by atoms with van der Waals surface area (Å²) >= 11 is 6.55. The highest BCUT2D eigenvalue weighted by Crippen LogP contribution is 2.36. The lowest BCUT2D eigenvalue weighted by molar-refractivity contribution is -0.140. The van der Waals surface area contributed by atoms with Gasteiger partial charge in [-0.2, -0.15) is 0 Å². The van der Waals surface area contributed by atoms with Crippen LogP contribution in [0.3, 0.4) is 0 Å². The number of hydrogen-bond acceptors (Lipinski definition) is 6. The van der Waals surface area contributed by atoms with Gasteiger partial charge in [-0.25, -0.2) is 8.42 Å². The highest BCUT2D eigenvalue weighted by atomic mass is 35.5. The van der Waals surface area contributed by atoms with Gasteiger partial charge in [0.2, 0.25) is 28.6 Å². The van der Waals surface area contributed by atoms with Gasteiger partial charge in [0.25, 0.3) is 0 Å². The zero-order chi connectivity index (χ0) is 31.1. The third-order valence-corrected chi connectivity index (χ3v) is 10.3. The number of hydrogen-bond donors (Lipinski definition) is 1. The van der Waals surface area contributed by atoms with Crippen molar-refractivity contribution in [2.45, 2.75) is 64.1 Å². The predicted octanol–water partition coefficient (Wildman–Crippen LogP) is 5.31. The van der Waals surface area contributed by atoms with Crippen molar-refractivity contribution < 1.29 is 27.5 Å². The smallest absolute Gasteiger partial charge is 0.244 e. The highest BCUT2D eigenvalue weighted by molar-refractivity contribution is 7.92. The van der Waals surface area contributed by atoms with Gasteiger partial charge in [0.1, 0.15) is 12.6 Å². The van der Waals surface area contributed by atoms with Gasteiger partial charge in [-0.05, 0) is 49.1 Å². The van der Waals surface area contributed by atoms with E-state index >= 15 is 0 Å². The molecule has 1 aliphatic carbocycles. The number of carbonyl (C=O) groups excluding carboxylic acids is 2. The second-order valence-corrected chi connectivity index (χ2v) is 13.7. The van der Waals surface area contributed by atoms with Crippen molar-refractivity contribution in [2.75, 3.05) is 23.4 Å². The Balaban J connectivity index is 1.52. The lowest BCUT2D eigenvalue weighted by atomic mass is 9.94.